The van der Waals surface area contributed by atoms with E-state index in [1.54, 1.807) is 6.07 Å². The highest BCUT2D eigenvalue weighted by Crippen LogP contribution is 2.41. The summed E-state index contributed by atoms with van der Waals surface area (Å²) in [6, 6.07) is 5.10. The van der Waals surface area contributed by atoms with E-state index in [-0.39, 0.29) is 4.90 Å². The maximum absolute atomic E-state index is 11.3. The SMILES string of the molecule is CCCCCC1CCC(C)c2ccc(S(=O)(=O)O)cc21. The third-order valence-corrected chi connectivity index (χ3v) is 5.28. The Morgan fingerprint density at radius 1 is 1.20 bits per heavy atom. The number of benzene rings is 1. The summed E-state index contributed by atoms with van der Waals surface area (Å²) in [5, 5.41) is 0. The van der Waals surface area contributed by atoms with Gasteiger partial charge in [-0.25, -0.2) is 0 Å². The normalized spacial score (nSPS) is 22.6. The molecule has 0 radical (unpaired) electrons. The minimum atomic E-state index is -4.10. The van der Waals surface area contributed by atoms with Crippen molar-refractivity contribution in [1.29, 1.82) is 0 Å². The summed E-state index contributed by atoms with van der Waals surface area (Å²) in [5.41, 5.74) is 2.39. The highest BCUT2D eigenvalue weighted by atomic mass is 32.2. The number of hydrogen-bond acceptors (Lipinski definition) is 2. The van der Waals surface area contributed by atoms with Crippen molar-refractivity contribution in [3.05, 3.63) is 29.3 Å². The molecule has 2 atom stereocenters. The van der Waals surface area contributed by atoms with E-state index in [2.05, 4.69) is 13.8 Å². The van der Waals surface area contributed by atoms with Gasteiger partial charge < -0.3 is 0 Å². The van der Waals surface area contributed by atoms with Gasteiger partial charge in [0.15, 0.2) is 0 Å². The van der Waals surface area contributed by atoms with E-state index < -0.39 is 10.1 Å². The number of rotatable bonds is 5. The zero-order valence-electron chi connectivity index (χ0n) is 12.3. The lowest BCUT2D eigenvalue weighted by atomic mass is 9.75. The molecule has 0 heterocycles. The van der Waals surface area contributed by atoms with Crippen LogP contribution in [-0.2, 0) is 10.1 Å². The van der Waals surface area contributed by atoms with Gasteiger partial charge in [-0.15, -0.1) is 0 Å². The van der Waals surface area contributed by atoms with Crippen molar-refractivity contribution in [2.75, 3.05) is 0 Å². The Hall–Kier alpha value is -0.870. The second-order valence-corrected chi connectivity index (χ2v) is 7.36. The molecule has 3 nitrogen and oxygen atoms in total. The van der Waals surface area contributed by atoms with Gasteiger partial charge in [-0.2, -0.15) is 8.42 Å². The Kier molecular flexibility index (Phi) is 4.86. The fourth-order valence-corrected chi connectivity index (χ4v) is 3.73. The van der Waals surface area contributed by atoms with Crippen LogP contribution in [0.25, 0.3) is 0 Å². The van der Waals surface area contributed by atoms with Gasteiger partial charge >= 0.3 is 0 Å². The van der Waals surface area contributed by atoms with Crippen molar-refractivity contribution >= 4 is 10.1 Å². The molecule has 112 valence electrons. The van der Waals surface area contributed by atoms with Crippen molar-refractivity contribution in [2.24, 2.45) is 0 Å². The molecular weight excluding hydrogens is 272 g/mol. The standard InChI is InChI=1S/C16H24O3S/c1-3-4-5-6-13-8-7-12(2)15-10-9-14(11-16(13)15)20(17,18)19/h9-13H,3-8H2,1-2H3,(H,17,18,19). The fraction of sp³-hybridized carbons (Fsp3) is 0.625. The van der Waals surface area contributed by atoms with Crippen LogP contribution < -0.4 is 0 Å². The first-order valence-electron chi connectivity index (χ1n) is 7.54. The smallest absolute Gasteiger partial charge is 0.282 e. The maximum Gasteiger partial charge on any atom is 0.294 e. The first-order chi connectivity index (χ1) is 9.43. The highest BCUT2D eigenvalue weighted by Gasteiger charge is 2.26. The van der Waals surface area contributed by atoms with Gasteiger partial charge in [0.05, 0.1) is 4.90 Å². The molecule has 0 amide bonds. The van der Waals surface area contributed by atoms with E-state index in [9.17, 15) is 13.0 Å². The van der Waals surface area contributed by atoms with Crippen molar-refractivity contribution < 1.29 is 13.0 Å². The average molecular weight is 296 g/mol. The monoisotopic (exact) mass is 296 g/mol. The summed E-state index contributed by atoms with van der Waals surface area (Å²) in [4.78, 5) is 0.0332. The van der Waals surface area contributed by atoms with Crippen LogP contribution in [0.15, 0.2) is 23.1 Å². The Bertz CT molecular complexity index is 563. The highest BCUT2D eigenvalue weighted by molar-refractivity contribution is 7.85. The van der Waals surface area contributed by atoms with Gasteiger partial charge in [-0.3, -0.25) is 4.55 Å². The summed E-state index contributed by atoms with van der Waals surface area (Å²) < 4.78 is 31.9. The summed E-state index contributed by atoms with van der Waals surface area (Å²) in [7, 11) is -4.10. The lowest BCUT2D eigenvalue weighted by Gasteiger charge is -2.30. The molecule has 0 aromatic heterocycles. The topological polar surface area (TPSA) is 54.4 Å². The molecule has 1 aromatic carbocycles. The van der Waals surface area contributed by atoms with Crippen LogP contribution in [0.1, 0.15) is 75.3 Å². The first kappa shape index (κ1) is 15.5. The molecule has 4 heteroatoms. The molecule has 0 fully saturated rings. The molecule has 0 saturated carbocycles. The van der Waals surface area contributed by atoms with Crippen molar-refractivity contribution in [3.8, 4) is 0 Å². The summed E-state index contributed by atoms with van der Waals surface area (Å²) >= 11 is 0. The van der Waals surface area contributed by atoms with Gasteiger partial charge in [0.1, 0.15) is 0 Å². The summed E-state index contributed by atoms with van der Waals surface area (Å²) in [6.07, 6.45) is 7.00. The van der Waals surface area contributed by atoms with E-state index in [0.717, 1.165) is 24.8 Å². The number of fused-ring (bicyclic) bond motifs is 1. The van der Waals surface area contributed by atoms with Crippen LogP contribution >= 0.6 is 0 Å². The van der Waals surface area contributed by atoms with Crippen molar-refractivity contribution in [2.45, 2.75) is 69.1 Å². The minimum Gasteiger partial charge on any atom is -0.282 e. The van der Waals surface area contributed by atoms with Crippen molar-refractivity contribution in [3.63, 3.8) is 0 Å². The predicted molar refractivity (Wildman–Crippen MR) is 80.8 cm³/mol. The molecule has 0 spiro atoms. The largest absolute Gasteiger partial charge is 0.294 e. The summed E-state index contributed by atoms with van der Waals surface area (Å²) in [6.45, 7) is 4.38. The number of hydrogen-bond donors (Lipinski definition) is 1. The van der Waals surface area contributed by atoms with Crippen LogP contribution in [0.4, 0.5) is 0 Å². The zero-order chi connectivity index (χ0) is 14.8. The van der Waals surface area contributed by atoms with Crippen molar-refractivity contribution in [1.82, 2.24) is 0 Å². The molecule has 2 unspecified atom stereocenters. The minimum absolute atomic E-state index is 0.0332. The molecule has 1 aromatic rings. The number of unbranched alkanes of at least 4 members (excludes halogenated alkanes) is 2. The molecule has 0 saturated heterocycles. The van der Waals surface area contributed by atoms with Gasteiger partial charge in [-0.1, -0.05) is 39.2 Å². The second kappa shape index (κ2) is 6.27. The van der Waals surface area contributed by atoms with Crippen LogP contribution in [0.2, 0.25) is 0 Å². The Balaban J connectivity index is 2.32. The zero-order valence-corrected chi connectivity index (χ0v) is 13.1. The lowest BCUT2D eigenvalue weighted by Crippen LogP contribution is -2.14. The van der Waals surface area contributed by atoms with Gasteiger partial charge in [-0.05, 0) is 54.4 Å². The molecule has 2 rings (SSSR count). The van der Waals surface area contributed by atoms with E-state index in [1.165, 1.54) is 30.9 Å². The maximum atomic E-state index is 11.3. The van der Waals surface area contributed by atoms with Crippen LogP contribution in [0.5, 0.6) is 0 Å². The van der Waals surface area contributed by atoms with Gasteiger partial charge in [0, 0.05) is 0 Å². The van der Waals surface area contributed by atoms with Gasteiger partial charge in [0.2, 0.25) is 0 Å². The first-order valence-corrected chi connectivity index (χ1v) is 8.98. The molecule has 0 bridgehead atoms. The van der Waals surface area contributed by atoms with Crippen LogP contribution in [0, 0.1) is 0 Å². The third-order valence-electron chi connectivity index (χ3n) is 4.43. The van der Waals surface area contributed by atoms with E-state index in [0.29, 0.717) is 11.8 Å². The van der Waals surface area contributed by atoms with E-state index in [4.69, 9.17) is 0 Å². The van der Waals surface area contributed by atoms with E-state index >= 15 is 0 Å². The lowest BCUT2D eigenvalue weighted by molar-refractivity contribution is 0.458. The molecule has 1 N–H and O–H groups in total. The average Bonchev–Trinajstić information content (AvgIpc) is 2.40. The Labute approximate surface area is 122 Å². The second-order valence-electron chi connectivity index (χ2n) is 5.94. The van der Waals surface area contributed by atoms with Gasteiger partial charge in [0.25, 0.3) is 10.1 Å². The Morgan fingerprint density at radius 3 is 2.60 bits per heavy atom. The Morgan fingerprint density at radius 2 is 1.95 bits per heavy atom. The quantitative estimate of drug-likeness (QED) is 0.643. The molecular formula is C16H24O3S. The fourth-order valence-electron chi connectivity index (χ4n) is 3.22. The van der Waals surface area contributed by atoms with Crippen LogP contribution in [-0.4, -0.2) is 13.0 Å². The predicted octanol–water partition coefficient (Wildman–Crippen LogP) is 4.49. The third kappa shape index (κ3) is 3.41. The molecule has 1 aliphatic rings. The van der Waals surface area contributed by atoms with E-state index in [1.807, 2.05) is 6.07 Å². The molecule has 0 aliphatic heterocycles. The molecule has 20 heavy (non-hydrogen) atoms. The molecule has 1 aliphatic carbocycles. The van der Waals surface area contributed by atoms with Crippen LogP contribution in [0.3, 0.4) is 0 Å². The summed E-state index contributed by atoms with van der Waals surface area (Å²) in [5.74, 6) is 0.914.